The molecule has 2 atom stereocenters. The van der Waals surface area contributed by atoms with Gasteiger partial charge in [-0.3, -0.25) is 9.36 Å². The number of rotatable bonds is 45. The van der Waals surface area contributed by atoms with E-state index in [9.17, 15) is 14.3 Å². The minimum Gasteiger partial charge on any atom is -0.756 e. The van der Waals surface area contributed by atoms with E-state index in [1.54, 1.807) is 0 Å². The lowest BCUT2D eigenvalue weighted by molar-refractivity contribution is -0.870. The van der Waals surface area contributed by atoms with Crippen LogP contribution in [0.2, 0.25) is 0 Å². The lowest BCUT2D eigenvalue weighted by atomic mass is 10.0. The summed E-state index contributed by atoms with van der Waals surface area (Å²) in [5.41, 5.74) is 0. The first-order valence-corrected chi connectivity index (χ1v) is 25.4. The van der Waals surface area contributed by atoms with Crippen LogP contribution in [0.15, 0.2) is 12.2 Å². The Morgan fingerprint density at radius 3 is 1.36 bits per heavy atom. The van der Waals surface area contributed by atoms with Crippen molar-refractivity contribution in [2.45, 2.75) is 232 Å². The average molecular weight is 816 g/mol. The number of hydrogen-bond acceptors (Lipinski definition) is 7. The standard InChI is InChI=1S/C47H94NO7P/c1-6-8-10-12-14-16-17-18-19-20-21-22-23-24-25-26-27-28-29-30-31-32-34-36-38-40-47(49)55-46(45-54-56(50,51)53-43-41-48(3,4)5)44-52-42-39-37-35-33-15-13-11-9-7-2/h20-21,46H,6-19,22-45H2,1-5H3/b21-20-. The van der Waals surface area contributed by atoms with Crippen LogP contribution in [-0.2, 0) is 27.9 Å². The molecule has 0 spiro atoms. The fourth-order valence-corrected chi connectivity index (χ4v) is 7.57. The molecule has 334 valence electrons. The average Bonchev–Trinajstić information content (AvgIpc) is 3.15. The van der Waals surface area contributed by atoms with E-state index in [0.717, 1.165) is 32.1 Å². The van der Waals surface area contributed by atoms with Crippen molar-refractivity contribution < 1.29 is 37.3 Å². The van der Waals surface area contributed by atoms with E-state index in [1.807, 2.05) is 21.1 Å². The minimum absolute atomic E-state index is 0.0295. The summed E-state index contributed by atoms with van der Waals surface area (Å²) in [6, 6.07) is 0. The summed E-state index contributed by atoms with van der Waals surface area (Å²) in [7, 11) is 1.37. The number of nitrogens with zero attached hydrogens (tertiary/aromatic N) is 1. The number of carbonyl (C=O) groups is 1. The Hall–Kier alpha value is -0.760. The summed E-state index contributed by atoms with van der Waals surface area (Å²) in [4.78, 5) is 25.0. The summed E-state index contributed by atoms with van der Waals surface area (Å²) >= 11 is 0. The molecule has 0 radical (unpaired) electrons. The van der Waals surface area contributed by atoms with Crippen LogP contribution in [0.4, 0.5) is 0 Å². The Bertz CT molecular complexity index is 909. The van der Waals surface area contributed by atoms with Gasteiger partial charge in [0.15, 0.2) is 0 Å². The Balaban J connectivity index is 3.98. The van der Waals surface area contributed by atoms with Crippen LogP contribution in [0.3, 0.4) is 0 Å². The topological polar surface area (TPSA) is 94.1 Å². The number of phosphoric ester groups is 1. The Kier molecular flexibility index (Phi) is 40.4. The third-order valence-corrected chi connectivity index (χ3v) is 11.5. The van der Waals surface area contributed by atoms with Crippen molar-refractivity contribution in [1.29, 1.82) is 0 Å². The SMILES string of the molecule is CCCCCCCCCC/C=C\CCCCCCCCCCCCCCCC(=O)OC(COCCCCCCCCCCC)COP(=O)([O-])OCC[N+](C)(C)C. The van der Waals surface area contributed by atoms with Gasteiger partial charge >= 0.3 is 5.97 Å². The highest BCUT2D eigenvalue weighted by Gasteiger charge is 2.20. The van der Waals surface area contributed by atoms with Crippen LogP contribution in [0, 0.1) is 0 Å². The lowest BCUT2D eigenvalue weighted by Gasteiger charge is -2.28. The van der Waals surface area contributed by atoms with Crippen molar-refractivity contribution in [2.24, 2.45) is 0 Å². The number of hydrogen-bond donors (Lipinski definition) is 0. The summed E-state index contributed by atoms with van der Waals surface area (Å²) in [6.45, 7) is 5.44. The maximum atomic E-state index is 12.7. The maximum Gasteiger partial charge on any atom is 0.306 e. The highest BCUT2D eigenvalue weighted by Crippen LogP contribution is 2.38. The van der Waals surface area contributed by atoms with Gasteiger partial charge in [0.2, 0.25) is 0 Å². The van der Waals surface area contributed by atoms with Gasteiger partial charge in [0.1, 0.15) is 19.3 Å². The number of allylic oxidation sites excluding steroid dienone is 2. The molecule has 9 heteroatoms. The molecule has 2 unspecified atom stereocenters. The highest BCUT2D eigenvalue weighted by atomic mass is 31.2. The quantitative estimate of drug-likeness (QED) is 0.0199. The molecule has 0 N–H and O–H groups in total. The van der Waals surface area contributed by atoms with Gasteiger partial charge in [0, 0.05) is 13.0 Å². The second-order valence-corrected chi connectivity index (χ2v) is 18.9. The van der Waals surface area contributed by atoms with Crippen LogP contribution < -0.4 is 4.89 Å². The first-order valence-electron chi connectivity index (χ1n) is 23.9. The predicted octanol–water partition coefficient (Wildman–Crippen LogP) is 13.6. The molecule has 0 aromatic rings. The normalized spacial score (nSPS) is 13.8. The molecule has 0 saturated carbocycles. The van der Waals surface area contributed by atoms with Crippen molar-refractivity contribution >= 4 is 13.8 Å². The molecule has 0 fully saturated rings. The summed E-state index contributed by atoms with van der Waals surface area (Å²) in [5.74, 6) is -0.331. The van der Waals surface area contributed by atoms with Crippen molar-refractivity contribution in [2.75, 3.05) is 54.1 Å². The van der Waals surface area contributed by atoms with E-state index in [-0.39, 0.29) is 25.8 Å². The third kappa shape index (κ3) is 44.3. The van der Waals surface area contributed by atoms with Crippen molar-refractivity contribution in [3.63, 3.8) is 0 Å². The number of phosphoric acid groups is 1. The fourth-order valence-electron chi connectivity index (χ4n) is 6.84. The van der Waals surface area contributed by atoms with E-state index in [1.165, 1.54) is 173 Å². The highest BCUT2D eigenvalue weighted by molar-refractivity contribution is 7.45. The van der Waals surface area contributed by atoms with Crippen molar-refractivity contribution in [3.8, 4) is 0 Å². The maximum absolute atomic E-state index is 12.7. The van der Waals surface area contributed by atoms with E-state index in [0.29, 0.717) is 24.1 Å². The van der Waals surface area contributed by atoms with Crippen molar-refractivity contribution in [3.05, 3.63) is 12.2 Å². The zero-order valence-electron chi connectivity index (χ0n) is 37.9. The molecule has 8 nitrogen and oxygen atoms in total. The number of carbonyl (C=O) groups excluding carboxylic acids is 1. The number of likely N-dealkylation sites (N-methyl/N-ethyl adjacent to an activating group) is 1. The van der Waals surface area contributed by atoms with Gasteiger partial charge in [0.25, 0.3) is 7.82 Å². The van der Waals surface area contributed by atoms with Crippen molar-refractivity contribution in [1.82, 2.24) is 0 Å². The molecule has 0 heterocycles. The number of unbranched alkanes of at least 4 members (excludes halogenated alkanes) is 29. The first-order chi connectivity index (χ1) is 27.1. The van der Waals surface area contributed by atoms with Gasteiger partial charge in [-0.15, -0.1) is 0 Å². The van der Waals surface area contributed by atoms with E-state index in [2.05, 4.69) is 26.0 Å². The zero-order chi connectivity index (χ0) is 41.3. The largest absolute Gasteiger partial charge is 0.756 e. The van der Waals surface area contributed by atoms with Gasteiger partial charge in [-0.2, -0.15) is 0 Å². The zero-order valence-corrected chi connectivity index (χ0v) is 38.7. The molecule has 0 bridgehead atoms. The molecule has 0 aromatic heterocycles. The molecule has 0 aliphatic carbocycles. The van der Waals surface area contributed by atoms with Crippen LogP contribution in [0.5, 0.6) is 0 Å². The number of esters is 1. The van der Waals surface area contributed by atoms with Crippen LogP contribution >= 0.6 is 7.82 Å². The first kappa shape index (κ1) is 55.2. The van der Waals surface area contributed by atoms with Crippen LogP contribution in [0.1, 0.15) is 226 Å². The van der Waals surface area contributed by atoms with E-state index in [4.69, 9.17) is 18.5 Å². The molecule has 0 amide bonds. The molecule has 56 heavy (non-hydrogen) atoms. The van der Waals surface area contributed by atoms with Crippen LogP contribution in [0.25, 0.3) is 0 Å². The summed E-state index contributed by atoms with van der Waals surface area (Å²) in [6.07, 6.45) is 45.3. The molecule has 0 aromatic carbocycles. The van der Waals surface area contributed by atoms with Crippen LogP contribution in [-0.4, -0.2) is 70.7 Å². The van der Waals surface area contributed by atoms with Gasteiger partial charge < -0.3 is 27.9 Å². The Morgan fingerprint density at radius 2 is 0.929 bits per heavy atom. The molecule has 0 saturated heterocycles. The predicted molar refractivity (Wildman–Crippen MR) is 236 cm³/mol. The summed E-state index contributed by atoms with van der Waals surface area (Å²) < 4.78 is 34.5. The molecule has 0 rings (SSSR count). The monoisotopic (exact) mass is 816 g/mol. The van der Waals surface area contributed by atoms with Gasteiger partial charge in [-0.1, -0.05) is 193 Å². The lowest BCUT2D eigenvalue weighted by Crippen LogP contribution is -2.37. The van der Waals surface area contributed by atoms with Gasteiger partial charge in [-0.05, 0) is 38.5 Å². The molecular formula is C47H94NO7P. The van der Waals surface area contributed by atoms with Gasteiger partial charge in [-0.25, -0.2) is 0 Å². The Morgan fingerprint density at radius 1 is 0.536 bits per heavy atom. The number of quaternary nitrogens is 1. The molecule has 0 aliphatic rings. The smallest absolute Gasteiger partial charge is 0.306 e. The Labute approximate surface area is 348 Å². The molecule has 0 aliphatic heterocycles. The van der Waals surface area contributed by atoms with E-state index < -0.39 is 13.9 Å². The van der Waals surface area contributed by atoms with E-state index >= 15 is 0 Å². The fraction of sp³-hybridized carbons (Fsp3) is 0.936. The summed E-state index contributed by atoms with van der Waals surface area (Å²) in [5, 5.41) is 0. The molecular weight excluding hydrogens is 721 g/mol. The second-order valence-electron chi connectivity index (χ2n) is 17.5. The second kappa shape index (κ2) is 41.0. The minimum atomic E-state index is -4.51. The van der Waals surface area contributed by atoms with Gasteiger partial charge in [0.05, 0.1) is 34.4 Å². The third-order valence-electron chi connectivity index (χ3n) is 10.6. The number of ether oxygens (including phenoxy) is 2.